The Morgan fingerprint density at radius 2 is 1.77 bits per heavy atom. The maximum absolute atomic E-state index is 12.6. The fourth-order valence-electron chi connectivity index (χ4n) is 4.87. The lowest BCUT2D eigenvalue weighted by Gasteiger charge is -2.37. The fourth-order valence-corrected chi connectivity index (χ4v) is 4.87. The average Bonchev–Trinajstić information content (AvgIpc) is 2.76. The van der Waals surface area contributed by atoms with Crippen molar-refractivity contribution in [2.24, 2.45) is 0 Å². The molecule has 4 heteroatoms. The standard InChI is InChI=1S/C27H25NO3/c1-16-15-27(2,3)28-20-14-13-18-23-19(26(29)30-4)11-8-12-21(23)31-25(24(18)22(16)20)17-9-6-5-7-10-17/h5-15,25,28H,1-4H3. The maximum atomic E-state index is 12.6. The molecule has 0 spiro atoms. The van der Waals surface area contributed by atoms with Gasteiger partial charge in [-0.25, -0.2) is 4.79 Å². The van der Waals surface area contributed by atoms with Crippen LogP contribution in [0.3, 0.4) is 0 Å². The number of carbonyl (C=O) groups excluding carboxylic acids is 1. The van der Waals surface area contributed by atoms with Crippen molar-refractivity contribution in [1.82, 2.24) is 0 Å². The van der Waals surface area contributed by atoms with E-state index in [2.05, 4.69) is 56.4 Å². The van der Waals surface area contributed by atoms with Crippen molar-refractivity contribution in [3.05, 3.63) is 89.0 Å². The summed E-state index contributed by atoms with van der Waals surface area (Å²) in [6.45, 7) is 6.47. The van der Waals surface area contributed by atoms with Gasteiger partial charge in [0.15, 0.2) is 6.10 Å². The summed E-state index contributed by atoms with van der Waals surface area (Å²) in [7, 11) is 1.41. The van der Waals surface area contributed by atoms with Gasteiger partial charge < -0.3 is 14.8 Å². The molecule has 0 aliphatic carbocycles. The zero-order valence-electron chi connectivity index (χ0n) is 18.2. The molecule has 0 aromatic heterocycles. The topological polar surface area (TPSA) is 47.6 Å². The lowest BCUT2D eigenvalue weighted by atomic mass is 9.79. The third-order valence-electron chi connectivity index (χ3n) is 5.98. The Hall–Kier alpha value is -3.53. The van der Waals surface area contributed by atoms with Crippen molar-refractivity contribution < 1.29 is 14.3 Å². The van der Waals surface area contributed by atoms with E-state index in [1.807, 2.05) is 30.3 Å². The number of rotatable bonds is 2. The predicted molar refractivity (Wildman–Crippen MR) is 123 cm³/mol. The highest BCUT2D eigenvalue weighted by Crippen LogP contribution is 2.51. The number of carbonyl (C=O) groups is 1. The molecule has 0 saturated heterocycles. The number of esters is 1. The van der Waals surface area contributed by atoms with Crippen LogP contribution in [-0.2, 0) is 4.74 Å². The number of fused-ring (bicyclic) bond motifs is 5. The summed E-state index contributed by atoms with van der Waals surface area (Å²) in [5.74, 6) is 0.323. The summed E-state index contributed by atoms with van der Waals surface area (Å²) < 4.78 is 11.7. The molecule has 0 fully saturated rings. The van der Waals surface area contributed by atoms with E-state index in [-0.39, 0.29) is 17.6 Å². The molecule has 0 saturated carbocycles. The summed E-state index contributed by atoms with van der Waals surface area (Å²) >= 11 is 0. The van der Waals surface area contributed by atoms with Crippen LogP contribution in [0.4, 0.5) is 5.69 Å². The molecular formula is C27H25NO3. The van der Waals surface area contributed by atoms with Gasteiger partial charge in [-0.15, -0.1) is 0 Å². The van der Waals surface area contributed by atoms with Crippen LogP contribution in [0, 0.1) is 0 Å². The molecule has 3 aromatic rings. The highest BCUT2D eigenvalue weighted by molar-refractivity contribution is 6.01. The highest BCUT2D eigenvalue weighted by Gasteiger charge is 2.36. The van der Waals surface area contributed by atoms with Gasteiger partial charge in [0.05, 0.1) is 18.2 Å². The Labute approximate surface area is 182 Å². The first kappa shape index (κ1) is 19.4. The largest absolute Gasteiger partial charge is 0.480 e. The summed E-state index contributed by atoms with van der Waals surface area (Å²) in [5.41, 5.74) is 7.72. The summed E-state index contributed by atoms with van der Waals surface area (Å²) in [6.07, 6.45) is 1.97. The monoisotopic (exact) mass is 411 g/mol. The van der Waals surface area contributed by atoms with Crippen molar-refractivity contribution in [2.45, 2.75) is 32.4 Å². The molecule has 2 heterocycles. The van der Waals surface area contributed by atoms with Crippen LogP contribution in [0.15, 0.2) is 66.7 Å². The van der Waals surface area contributed by atoms with Gasteiger partial charge in [0.1, 0.15) is 5.75 Å². The van der Waals surface area contributed by atoms with Gasteiger partial charge in [-0.3, -0.25) is 0 Å². The van der Waals surface area contributed by atoms with Gasteiger partial charge in [-0.05, 0) is 55.7 Å². The van der Waals surface area contributed by atoms with E-state index >= 15 is 0 Å². The number of nitrogens with one attached hydrogen (secondary N) is 1. The Morgan fingerprint density at radius 3 is 2.52 bits per heavy atom. The van der Waals surface area contributed by atoms with E-state index in [1.165, 1.54) is 12.7 Å². The third kappa shape index (κ3) is 3.10. The van der Waals surface area contributed by atoms with E-state index < -0.39 is 0 Å². The van der Waals surface area contributed by atoms with E-state index in [0.717, 1.165) is 33.5 Å². The Morgan fingerprint density at radius 1 is 1.00 bits per heavy atom. The molecule has 0 radical (unpaired) electrons. The molecule has 1 unspecified atom stereocenters. The van der Waals surface area contributed by atoms with E-state index in [4.69, 9.17) is 9.47 Å². The van der Waals surface area contributed by atoms with Gasteiger partial charge in [0, 0.05) is 22.4 Å². The minimum Gasteiger partial charge on any atom is -0.480 e. The van der Waals surface area contributed by atoms with Crippen molar-refractivity contribution in [1.29, 1.82) is 0 Å². The lowest BCUT2D eigenvalue weighted by Crippen LogP contribution is -2.32. The first-order valence-electron chi connectivity index (χ1n) is 10.5. The number of ether oxygens (including phenoxy) is 2. The number of hydrogen-bond donors (Lipinski definition) is 1. The molecule has 1 N–H and O–H groups in total. The van der Waals surface area contributed by atoms with Crippen LogP contribution in [0.2, 0.25) is 0 Å². The molecule has 0 amide bonds. The molecule has 1 atom stereocenters. The van der Waals surface area contributed by atoms with Crippen LogP contribution in [0.25, 0.3) is 16.7 Å². The van der Waals surface area contributed by atoms with Crippen molar-refractivity contribution in [3.63, 3.8) is 0 Å². The lowest BCUT2D eigenvalue weighted by molar-refractivity contribution is 0.0600. The molecular weight excluding hydrogens is 386 g/mol. The minimum absolute atomic E-state index is 0.141. The van der Waals surface area contributed by atoms with Gasteiger partial charge >= 0.3 is 5.97 Å². The average molecular weight is 412 g/mol. The first-order chi connectivity index (χ1) is 14.9. The Bertz CT molecular complexity index is 1220. The van der Waals surface area contributed by atoms with Crippen LogP contribution in [0.5, 0.6) is 5.75 Å². The van der Waals surface area contributed by atoms with Gasteiger partial charge in [-0.1, -0.05) is 48.5 Å². The fraction of sp³-hybridized carbons (Fsp3) is 0.222. The normalized spacial score (nSPS) is 17.8. The van der Waals surface area contributed by atoms with Gasteiger partial charge in [0.25, 0.3) is 0 Å². The smallest absolute Gasteiger partial charge is 0.338 e. The zero-order valence-corrected chi connectivity index (χ0v) is 18.2. The third-order valence-corrected chi connectivity index (χ3v) is 5.98. The molecule has 2 aliphatic rings. The second-order valence-corrected chi connectivity index (χ2v) is 8.70. The Kier molecular flexibility index (Phi) is 4.40. The first-order valence-corrected chi connectivity index (χ1v) is 10.5. The van der Waals surface area contributed by atoms with Crippen molar-refractivity contribution in [2.75, 3.05) is 12.4 Å². The molecule has 5 rings (SSSR count). The second-order valence-electron chi connectivity index (χ2n) is 8.70. The van der Waals surface area contributed by atoms with E-state index in [9.17, 15) is 4.79 Å². The molecule has 156 valence electrons. The van der Waals surface area contributed by atoms with Crippen LogP contribution in [0.1, 0.15) is 53.9 Å². The zero-order chi connectivity index (χ0) is 21.8. The minimum atomic E-state index is -0.367. The number of benzene rings is 3. The summed E-state index contributed by atoms with van der Waals surface area (Å²) in [5, 5.41) is 3.64. The van der Waals surface area contributed by atoms with Gasteiger partial charge in [0.2, 0.25) is 0 Å². The second kappa shape index (κ2) is 7.02. The molecule has 0 bridgehead atoms. The quantitative estimate of drug-likeness (QED) is 0.508. The van der Waals surface area contributed by atoms with Crippen molar-refractivity contribution >= 4 is 17.2 Å². The van der Waals surface area contributed by atoms with Crippen LogP contribution >= 0.6 is 0 Å². The molecule has 31 heavy (non-hydrogen) atoms. The number of anilines is 1. The summed E-state index contributed by atoms with van der Waals surface area (Å²) in [4.78, 5) is 12.6. The van der Waals surface area contributed by atoms with E-state index in [0.29, 0.717) is 11.3 Å². The Balaban J connectivity index is 1.84. The van der Waals surface area contributed by atoms with E-state index in [1.54, 1.807) is 6.07 Å². The number of methoxy groups -OCH3 is 1. The maximum Gasteiger partial charge on any atom is 0.338 e. The highest BCUT2D eigenvalue weighted by atomic mass is 16.5. The summed E-state index contributed by atoms with van der Waals surface area (Å²) in [6, 6.07) is 20.0. The SMILES string of the molecule is COC(=O)c1cccc2c1-c1ccc3c(c1C(c1ccccc1)O2)C(C)=CC(C)(C)N3. The molecule has 2 aliphatic heterocycles. The van der Waals surface area contributed by atoms with Crippen molar-refractivity contribution in [3.8, 4) is 16.9 Å². The van der Waals surface area contributed by atoms with Crippen LogP contribution < -0.4 is 10.1 Å². The van der Waals surface area contributed by atoms with Gasteiger partial charge in [-0.2, -0.15) is 0 Å². The predicted octanol–water partition coefficient (Wildman–Crippen LogP) is 6.23. The molecule has 3 aromatic carbocycles. The molecule has 4 nitrogen and oxygen atoms in total. The number of hydrogen-bond acceptors (Lipinski definition) is 4. The van der Waals surface area contributed by atoms with Crippen LogP contribution in [-0.4, -0.2) is 18.6 Å². The number of allylic oxidation sites excluding steroid dienone is 1.